The number of aliphatic hydroxyl groups excluding tert-OH is 1. The fourth-order valence-electron chi connectivity index (χ4n) is 10.9. The van der Waals surface area contributed by atoms with Crippen molar-refractivity contribution < 1.29 is 158 Å². The molecule has 1 amide bonds. The molecule has 6 rings (SSSR count). The molecule has 14 N–H and O–H groups in total. The molecule has 0 bridgehead atoms. The molecule has 0 radical (unpaired) electrons. The molecule has 100 heavy (non-hydrogen) atoms. The van der Waals surface area contributed by atoms with E-state index in [2.05, 4.69) is 40.9 Å². The summed E-state index contributed by atoms with van der Waals surface area (Å²) < 4.78 is 246. The molecular formula is C49H75N6O35P6S4+. The molecule has 1 saturated heterocycles. The minimum Gasteiger partial charge on any atom is -0.390 e. The Morgan fingerprint density at radius 3 is 1.82 bits per heavy atom. The third-order valence-corrected chi connectivity index (χ3v) is 27.8. The van der Waals surface area contributed by atoms with Crippen molar-refractivity contribution in [1.29, 1.82) is 0 Å². The van der Waals surface area contributed by atoms with Crippen molar-refractivity contribution in [2.45, 2.75) is 137 Å². The monoisotopic (exact) mass is 1620 g/mol. The zero-order chi connectivity index (χ0) is 75.1. The Hall–Kier alpha value is -4.04. The Kier molecular flexibility index (Phi) is 28.2. The van der Waals surface area contributed by atoms with Crippen molar-refractivity contribution in [3.05, 3.63) is 94.2 Å². The van der Waals surface area contributed by atoms with Gasteiger partial charge >= 0.3 is 52.6 Å². The summed E-state index contributed by atoms with van der Waals surface area (Å²) in [7, 11) is -55.8. The van der Waals surface area contributed by atoms with Crippen molar-refractivity contribution >= 4 is 116 Å². The van der Waals surface area contributed by atoms with Crippen LogP contribution in [0.4, 0.5) is 17.2 Å². The third kappa shape index (κ3) is 25.1. The minimum atomic E-state index is -6.57. The van der Waals surface area contributed by atoms with Crippen LogP contribution in [0.1, 0.15) is 115 Å². The molecule has 3 aliphatic heterocycles. The highest BCUT2D eigenvalue weighted by Gasteiger charge is 2.51. The van der Waals surface area contributed by atoms with Gasteiger partial charge in [0.1, 0.15) is 29.6 Å². The number of aliphatic hydroxyl groups is 1. The number of amides is 1. The van der Waals surface area contributed by atoms with Gasteiger partial charge in [-0.2, -0.15) is 64.8 Å². The summed E-state index contributed by atoms with van der Waals surface area (Å²) >= 11 is 0. The van der Waals surface area contributed by atoms with Gasteiger partial charge in [-0.3, -0.25) is 36.6 Å². The van der Waals surface area contributed by atoms with E-state index < -0.39 is 157 Å². The van der Waals surface area contributed by atoms with E-state index in [1.165, 1.54) is 36.4 Å². The normalized spacial score (nSPS) is 22.9. The number of hydrogen-bond donors (Lipinski definition) is 13. The highest BCUT2D eigenvalue weighted by Crippen LogP contribution is 2.75. The van der Waals surface area contributed by atoms with Crippen LogP contribution in [0.2, 0.25) is 0 Å². The summed E-state index contributed by atoms with van der Waals surface area (Å²) in [6.07, 6.45) is 3.65. The van der Waals surface area contributed by atoms with Gasteiger partial charge in [0, 0.05) is 73.1 Å². The van der Waals surface area contributed by atoms with Crippen LogP contribution in [-0.4, -0.2) is 169 Å². The van der Waals surface area contributed by atoms with E-state index in [1.807, 2.05) is 13.8 Å². The molecule has 41 nitrogen and oxygen atoms in total. The second-order valence-corrected chi connectivity index (χ2v) is 38.7. The number of phosphoric acid groups is 6. The lowest BCUT2D eigenvalue weighted by atomic mass is 9.77. The zero-order valence-electron chi connectivity index (χ0n) is 52.9. The van der Waals surface area contributed by atoms with E-state index in [0.717, 1.165) is 16.8 Å². The van der Waals surface area contributed by atoms with E-state index in [0.29, 0.717) is 66.0 Å². The number of nitrogen functional groups attached to an aromatic ring is 1. The number of nitrogens with two attached hydrogens (primary N) is 1. The first kappa shape index (κ1) is 84.9. The second kappa shape index (κ2) is 33.2. The average Bonchev–Trinajstić information content (AvgIpc) is 1.58. The predicted molar refractivity (Wildman–Crippen MR) is 348 cm³/mol. The van der Waals surface area contributed by atoms with E-state index in [1.54, 1.807) is 34.6 Å². The number of aromatic nitrogens is 2. The molecule has 3 aromatic rings. The fraction of sp³-hybridized carbons (Fsp3) is 0.551. The highest BCUT2D eigenvalue weighted by atomic mass is 32.2. The molecule has 7 unspecified atom stereocenters. The number of nitrogens with one attached hydrogen (secondary N) is 1. The molecule has 0 saturated carbocycles. The number of nitrogens with zero attached hydrogens (tertiary/aromatic N) is 4. The topological polar surface area (TPSA) is 632 Å². The molecule has 1 aromatic heterocycles. The number of unbranched alkanes of at least 4 members (excludes halogenated alkanes) is 5. The number of anilines is 2. The molecule has 0 spiro atoms. The number of rotatable bonds is 40. The highest BCUT2D eigenvalue weighted by molar-refractivity contribution is 7.86. The Balaban J connectivity index is 0.975. The molecule has 51 heteroatoms. The number of hydrogen-bond acceptors (Lipinski definition) is 28. The van der Waals surface area contributed by atoms with Gasteiger partial charge in [-0.1, -0.05) is 31.8 Å². The molecular weight excluding hydrogens is 1550 g/mol. The van der Waals surface area contributed by atoms with Crippen LogP contribution in [-0.2, 0) is 119 Å². The van der Waals surface area contributed by atoms with Crippen LogP contribution >= 0.6 is 46.9 Å². The molecule has 3 aliphatic rings. The number of fused-ring (bicyclic) bond motifs is 2. The molecule has 2 aromatic carbocycles. The molecule has 4 heterocycles. The van der Waals surface area contributed by atoms with Gasteiger partial charge in [0.25, 0.3) is 40.5 Å². The van der Waals surface area contributed by atoms with Crippen LogP contribution in [0.3, 0.4) is 0 Å². The van der Waals surface area contributed by atoms with Crippen LogP contribution in [0.25, 0.3) is 0 Å². The van der Waals surface area contributed by atoms with Crippen molar-refractivity contribution in [2.24, 2.45) is 0 Å². The summed E-state index contributed by atoms with van der Waals surface area (Å²) in [6, 6.07) is 9.01. The van der Waals surface area contributed by atoms with Gasteiger partial charge in [-0.15, -0.1) is 0 Å². The molecule has 10 atom stereocenters. The maximum absolute atomic E-state index is 12.9. The quantitative estimate of drug-likeness (QED) is 0.0151. The van der Waals surface area contributed by atoms with Gasteiger partial charge in [0.05, 0.1) is 41.1 Å². The summed E-state index contributed by atoms with van der Waals surface area (Å²) in [5, 5.41) is 13.0. The van der Waals surface area contributed by atoms with Crippen molar-refractivity contribution in [3.8, 4) is 0 Å². The first-order chi connectivity index (χ1) is 45.7. The Labute approximate surface area is 572 Å². The van der Waals surface area contributed by atoms with E-state index in [-0.39, 0.29) is 76.3 Å². The van der Waals surface area contributed by atoms with Gasteiger partial charge in [0.2, 0.25) is 11.6 Å². The summed E-state index contributed by atoms with van der Waals surface area (Å²) in [4.78, 5) is 88.6. The van der Waals surface area contributed by atoms with Gasteiger partial charge in [0.15, 0.2) is 5.71 Å². The number of phosphoric ester groups is 2. The van der Waals surface area contributed by atoms with Crippen LogP contribution in [0, 0.1) is 0 Å². The van der Waals surface area contributed by atoms with Crippen molar-refractivity contribution in [3.63, 3.8) is 0 Å². The fourth-order valence-corrected chi connectivity index (χ4v) is 20.8. The first-order valence-electron chi connectivity index (χ1n) is 29.5. The Morgan fingerprint density at radius 2 is 1.24 bits per heavy atom. The lowest BCUT2D eigenvalue weighted by Gasteiger charge is -2.30. The van der Waals surface area contributed by atoms with Gasteiger partial charge in [-0.25, -0.2) is 32.2 Å². The number of carbonyl (C=O) groups excluding carboxylic acids is 1. The van der Waals surface area contributed by atoms with E-state index in [9.17, 15) is 123 Å². The zero-order valence-corrected chi connectivity index (χ0v) is 61.6. The molecule has 1 fully saturated rings. The Bertz CT molecular complexity index is 4500. The smallest absolute Gasteiger partial charge is 0.390 e. The standard InChI is InChI=1S/C49H74N6O35P6S4/c1-48(2)36-19-17-35(100(80,81)82)31-39(36)54(25-13-29-98(74,75)76)42(48)14-11-15-43-49(3,37-30-34(99(77,78)79)18-20-38(37)53(43)24-12-28-97(71,72)73)22-8-6-7-16-45(57)51-23-9-4-5-10-27-83-91(59,60)86-93(63,64)88-95(67,68)90-96(69,70)89-94(65,66)87-92(61,62)84-33-41-40(56)32-46(85-41)55-26-21-44(50)52-47(55)58/h11,14-15,17-21,26,30-31,40-41,46,56H,4-10,12-13,16,22-25,27-29,32-33H2,1-3H3,(H12-,50,51,52,57,58,59,60,61,62,63,64,65,66,67,68,69,70,71,72,73,74,75,76,77,78,79,80,81,82)/p+1/t40-,41+,46+,49?/m0/s1. The summed E-state index contributed by atoms with van der Waals surface area (Å²) in [5.74, 6) is -1.82. The SMILES string of the molecule is CC1(C)C(C=CC=C2N(CCCS(=O)(=O)O)c3ccc(S(=O)(=O)O)cc3C2(C)CCCCCC(=O)NCCCCCCOP(=O)(O)OP(=O)(O)OP(=O)(O)OP(=O)(O)OP(=O)(O)OP(=O)(O)OC[C@H]2O[C@@H](n3ccc(N)nc3=O)C[C@@H]2O)=[N+](CCCS(=O)(=O)O)c2cc(S(=O)(=O)O)ccc21. The number of carbonyl (C=O) groups is 1. The number of benzene rings is 2. The van der Waals surface area contributed by atoms with Crippen molar-refractivity contribution in [2.75, 3.05) is 55.0 Å². The lowest BCUT2D eigenvalue weighted by Crippen LogP contribution is -2.30. The maximum Gasteiger partial charge on any atom is 0.490 e. The van der Waals surface area contributed by atoms with Gasteiger partial charge in [-0.05, 0) is 101 Å². The summed E-state index contributed by atoms with van der Waals surface area (Å²) in [5.41, 5.74) is 5.25. The average molecular weight is 1620 g/mol. The minimum absolute atomic E-state index is 0.0356. The van der Waals surface area contributed by atoms with Crippen LogP contribution in [0.5, 0.6) is 0 Å². The maximum atomic E-state index is 12.9. The van der Waals surface area contributed by atoms with E-state index >= 15 is 0 Å². The predicted octanol–water partition coefficient (Wildman–Crippen LogP) is 5.16. The number of allylic oxidation sites excluding steroid dienone is 4. The molecule has 564 valence electrons. The Morgan fingerprint density at radius 1 is 0.700 bits per heavy atom. The van der Waals surface area contributed by atoms with Crippen molar-refractivity contribution in [1.82, 2.24) is 14.9 Å². The lowest BCUT2D eigenvalue weighted by molar-refractivity contribution is -0.437. The summed E-state index contributed by atoms with van der Waals surface area (Å²) in [6.45, 7) is 3.66. The van der Waals surface area contributed by atoms with Crippen LogP contribution < -0.4 is 21.6 Å². The third-order valence-electron chi connectivity index (χ3n) is 15.3. The largest absolute Gasteiger partial charge is 0.490 e. The first-order valence-corrected chi connectivity index (χ1v) is 44.5. The molecule has 0 aliphatic carbocycles. The van der Waals surface area contributed by atoms with E-state index in [4.69, 9.17) is 10.5 Å². The van der Waals surface area contributed by atoms with Crippen LogP contribution in [0.15, 0.2) is 87.2 Å². The second-order valence-electron chi connectivity index (χ2n) is 23.3. The van der Waals surface area contributed by atoms with Gasteiger partial charge < -0.3 is 55.2 Å². The number of ether oxygens (including phenoxy) is 1.